The van der Waals surface area contributed by atoms with E-state index in [0.29, 0.717) is 18.4 Å². The number of hydrogen-bond donors (Lipinski definition) is 1. The van der Waals surface area contributed by atoms with Crippen LogP contribution in [0.4, 0.5) is 9.18 Å². The van der Waals surface area contributed by atoms with Crippen molar-refractivity contribution in [3.05, 3.63) is 35.6 Å². The molecule has 1 fully saturated rings. The number of carbonyl (C=O) groups excluding carboxylic acids is 1. The number of carbonyl (C=O) groups is 2. The van der Waals surface area contributed by atoms with Crippen molar-refractivity contribution in [3.63, 3.8) is 0 Å². The molecule has 0 spiro atoms. The van der Waals surface area contributed by atoms with Crippen molar-refractivity contribution in [1.29, 1.82) is 0 Å². The van der Waals surface area contributed by atoms with Crippen molar-refractivity contribution in [1.82, 2.24) is 4.90 Å². The molecule has 0 aliphatic carbocycles. The molecule has 1 heterocycles. The van der Waals surface area contributed by atoms with Gasteiger partial charge >= 0.3 is 12.1 Å². The molecule has 120 valence electrons. The molecular formula is C16H20FNO4. The third-order valence-electron chi connectivity index (χ3n) is 3.53. The number of hydrogen-bond acceptors (Lipinski definition) is 3. The van der Waals surface area contributed by atoms with Crippen LogP contribution in [0.15, 0.2) is 24.3 Å². The third-order valence-corrected chi connectivity index (χ3v) is 3.53. The average Bonchev–Trinajstić information content (AvgIpc) is 2.82. The molecule has 0 saturated carbocycles. The van der Waals surface area contributed by atoms with Crippen molar-refractivity contribution in [2.75, 3.05) is 0 Å². The zero-order valence-electron chi connectivity index (χ0n) is 12.9. The van der Waals surface area contributed by atoms with E-state index in [1.807, 2.05) is 0 Å². The van der Waals surface area contributed by atoms with E-state index >= 15 is 0 Å². The summed E-state index contributed by atoms with van der Waals surface area (Å²) in [4.78, 5) is 25.0. The minimum Gasteiger partial charge on any atom is -0.480 e. The Balaban J connectivity index is 2.30. The van der Waals surface area contributed by atoms with Crippen molar-refractivity contribution in [2.45, 2.75) is 51.3 Å². The van der Waals surface area contributed by atoms with Crippen molar-refractivity contribution >= 4 is 12.1 Å². The molecule has 1 N–H and O–H groups in total. The van der Waals surface area contributed by atoms with E-state index in [4.69, 9.17) is 4.74 Å². The first kappa shape index (κ1) is 16.3. The van der Waals surface area contributed by atoms with Crippen LogP contribution >= 0.6 is 0 Å². The minimum atomic E-state index is -1.06. The highest BCUT2D eigenvalue weighted by molar-refractivity contribution is 5.81. The fourth-order valence-electron chi connectivity index (χ4n) is 2.63. The van der Waals surface area contributed by atoms with E-state index < -0.39 is 29.7 Å². The molecule has 2 atom stereocenters. The second kappa shape index (κ2) is 5.94. The van der Waals surface area contributed by atoms with E-state index in [1.54, 1.807) is 32.9 Å². The highest BCUT2D eigenvalue weighted by atomic mass is 19.1. The van der Waals surface area contributed by atoms with Crippen LogP contribution in [0.5, 0.6) is 0 Å². The number of aliphatic carboxylic acids is 1. The monoisotopic (exact) mass is 309 g/mol. The second-order valence-corrected chi connectivity index (χ2v) is 6.39. The Hall–Kier alpha value is -2.11. The standard InChI is InChI=1S/C16H20FNO4/c1-16(2,3)22-15(21)18-12(8-9-13(18)14(19)20)10-4-6-11(17)7-5-10/h4-7,12-13H,8-9H2,1-3H3,(H,19,20)/t12-,13-/m0/s1. The van der Waals surface area contributed by atoms with Crippen LogP contribution in [0.3, 0.4) is 0 Å². The van der Waals surface area contributed by atoms with E-state index in [9.17, 15) is 19.1 Å². The quantitative estimate of drug-likeness (QED) is 0.909. The molecule has 1 aromatic carbocycles. The zero-order valence-corrected chi connectivity index (χ0v) is 12.9. The summed E-state index contributed by atoms with van der Waals surface area (Å²) in [6, 6.07) is 4.40. The number of rotatable bonds is 2. The smallest absolute Gasteiger partial charge is 0.411 e. The van der Waals surface area contributed by atoms with E-state index in [-0.39, 0.29) is 5.82 Å². The first-order valence-electron chi connectivity index (χ1n) is 7.18. The maximum Gasteiger partial charge on any atom is 0.411 e. The average molecular weight is 309 g/mol. The molecule has 5 nitrogen and oxygen atoms in total. The molecule has 22 heavy (non-hydrogen) atoms. The third kappa shape index (κ3) is 3.55. The molecule has 1 amide bonds. The van der Waals surface area contributed by atoms with Crippen LogP contribution in [-0.4, -0.2) is 33.7 Å². The fourth-order valence-corrected chi connectivity index (χ4v) is 2.63. The molecule has 2 rings (SSSR count). The van der Waals surface area contributed by atoms with Gasteiger partial charge in [0.25, 0.3) is 0 Å². The molecule has 1 saturated heterocycles. The summed E-state index contributed by atoms with van der Waals surface area (Å²) in [6.45, 7) is 5.18. The van der Waals surface area contributed by atoms with Gasteiger partial charge in [0, 0.05) is 0 Å². The molecule has 6 heteroatoms. The van der Waals surface area contributed by atoms with Crippen molar-refractivity contribution in [3.8, 4) is 0 Å². The lowest BCUT2D eigenvalue weighted by Gasteiger charge is -2.31. The highest BCUT2D eigenvalue weighted by Gasteiger charge is 2.43. The summed E-state index contributed by atoms with van der Waals surface area (Å²) in [6.07, 6.45) is 0.185. The van der Waals surface area contributed by atoms with Crippen molar-refractivity contribution in [2.24, 2.45) is 0 Å². The van der Waals surface area contributed by atoms with E-state index in [1.165, 1.54) is 17.0 Å². The summed E-state index contributed by atoms with van der Waals surface area (Å²) in [7, 11) is 0. The fraction of sp³-hybridized carbons (Fsp3) is 0.500. The lowest BCUT2D eigenvalue weighted by molar-refractivity contribution is -0.142. The predicted octanol–water partition coefficient (Wildman–Crippen LogP) is 3.35. The van der Waals surface area contributed by atoms with Gasteiger partial charge in [0.1, 0.15) is 17.5 Å². The largest absolute Gasteiger partial charge is 0.480 e. The van der Waals surface area contributed by atoms with Crippen LogP contribution in [0, 0.1) is 5.82 Å². The molecule has 0 aromatic heterocycles. The first-order chi connectivity index (χ1) is 10.2. The molecule has 1 aliphatic heterocycles. The van der Waals surface area contributed by atoms with E-state index in [2.05, 4.69) is 0 Å². The normalized spacial score (nSPS) is 21.7. The number of halogens is 1. The van der Waals surface area contributed by atoms with Gasteiger partial charge in [0.05, 0.1) is 6.04 Å². The van der Waals surface area contributed by atoms with Gasteiger partial charge in [-0.15, -0.1) is 0 Å². The lowest BCUT2D eigenvalue weighted by Crippen LogP contribution is -2.44. The molecule has 0 radical (unpaired) electrons. The topological polar surface area (TPSA) is 66.8 Å². The van der Waals surface area contributed by atoms with E-state index in [0.717, 1.165) is 0 Å². The Morgan fingerprint density at radius 2 is 1.82 bits per heavy atom. The Bertz CT molecular complexity index is 565. The SMILES string of the molecule is CC(C)(C)OC(=O)N1[C@H](C(=O)O)CC[C@H]1c1ccc(F)cc1. The highest BCUT2D eigenvalue weighted by Crippen LogP contribution is 2.37. The Labute approximate surface area is 128 Å². The van der Waals surface area contributed by atoms with Gasteiger partial charge in [-0.2, -0.15) is 0 Å². The van der Waals surface area contributed by atoms with Gasteiger partial charge in [-0.05, 0) is 51.3 Å². The number of amides is 1. The second-order valence-electron chi connectivity index (χ2n) is 6.39. The summed E-state index contributed by atoms with van der Waals surface area (Å²) < 4.78 is 18.4. The van der Waals surface area contributed by atoms with Crippen LogP contribution in [-0.2, 0) is 9.53 Å². The number of carboxylic acids is 1. The molecule has 1 aromatic rings. The van der Waals surface area contributed by atoms with Crippen LogP contribution in [0.2, 0.25) is 0 Å². The summed E-state index contributed by atoms with van der Waals surface area (Å²) in [5, 5.41) is 9.33. The number of nitrogens with zero attached hydrogens (tertiary/aromatic N) is 1. The molecule has 1 aliphatic rings. The molecule has 0 unspecified atom stereocenters. The first-order valence-corrected chi connectivity index (χ1v) is 7.18. The number of benzene rings is 1. The van der Waals surface area contributed by atoms with Crippen molar-refractivity contribution < 1.29 is 23.8 Å². The van der Waals surface area contributed by atoms with Gasteiger partial charge in [-0.25, -0.2) is 14.0 Å². The predicted molar refractivity (Wildman–Crippen MR) is 77.9 cm³/mol. The van der Waals surface area contributed by atoms with Gasteiger partial charge < -0.3 is 9.84 Å². The zero-order chi connectivity index (χ0) is 16.5. The Morgan fingerprint density at radius 1 is 1.23 bits per heavy atom. The lowest BCUT2D eigenvalue weighted by atomic mass is 10.0. The minimum absolute atomic E-state index is 0.344. The number of ether oxygens (including phenoxy) is 1. The number of likely N-dealkylation sites (tertiary alicyclic amines) is 1. The van der Waals surface area contributed by atoms with Gasteiger partial charge in [0.2, 0.25) is 0 Å². The molecule has 0 bridgehead atoms. The van der Waals surface area contributed by atoms with Gasteiger partial charge in [0.15, 0.2) is 0 Å². The van der Waals surface area contributed by atoms with Crippen LogP contribution in [0.1, 0.15) is 45.2 Å². The Morgan fingerprint density at radius 3 is 2.32 bits per heavy atom. The summed E-state index contributed by atoms with van der Waals surface area (Å²) >= 11 is 0. The van der Waals surface area contributed by atoms with Gasteiger partial charge in [-0.3, -0.25) is 4.90 Å². The maximum atomic E-state index is 13.1. The van der Waals surface area contributed by atoms with Crippen LogP contribution < -0.4 is 0 Å². The van der Waals surface area contributed by atoms with Crippen LogP contribution in [0.25, 0.3) is 0 Å². The summed E-state index contributed by atoms with van der Waals surface area (Å²) in [5.41, 5.74) is -0.00759. The summed E-state index contributed by atoms with van der Waals surface area (Å²) in [5.74, 6) is -1.43. The van der Waals surface area contributed by atoms with Gasteiger partial charge in [-0.1, -0.05) is 12.1 Å². The molecular weight excluding hydrogens is 289 g/mol. The number of carboxylic acid groups (broad SMARTS) is 1. The Kier molecular flexibility index (Phi) is 4.39. The maximum absolute atomic E-state index is 13.1.